The summed E-state index contributed by atoms with van der Waals surface area (Å²) in [6, 6.07) is 13.3. The Bertz CT molecular complexity index is 632. The number of carbonyl (C=O) groups is 1. The van der Waals surface area contributed by atoms with Crippen LogP contribution in [0, 0.1) is 3.57 Å². The highest BCUT2D eigenvalue weighted by molar-refractivity contribution is 14.1. The second-order valence-electron chi connectivity index (χ2n) is 4.38. The molecule has 2 aromatic carbocycles. The van der Waals surface area contributed by atoms with Crippen molar-refractivity contribution in [1.29, 1.82) is 0 Å². The molecule has 6 heteroatoms. The monoisotopic (exact) mass is 416 g/mol. The number of anilines is 1. The van der Waals surface area contributed by atoms with Crippen LogP contribution in [0.25, 0.3) is 0 Å². The molecule has 0 radical (unpaired) electrons. The molecule has 2 aromatic rings. The summed E-state index contributed by atoms with van der Waals surface area (Å²) >= 11 is 8.38. The molecular formula is C15H14ClIN2O2. The molecule has 4 nitrogen and oxygen atoms in total. The summed E-state index contributed by atoms with van der Waals surface area (Å²) in [7, 11) is 0. The molecule has 0 bridgehead atoms. The largest absolute Gasteiger partial charge is 0.484 e. The third-order valence-electron chi connectivity index (χ3n) is 2.72. The first kappa shape index (κ1) is 15.9. The minimum atomic E-state index is -0.492. The number of nitrogens with two attached hydrogens (primary N) is 1. The number of rotatable bonds is 6. The predicted octanol–water partition coefficient (Wildman–Crippen LogP) is 3.42. The number of carbonyl (C=O) groups excluding carboxylic acids is 1. The van der Waals surface area contributed by atoms with Gasteiger partial charge in [-0.05, 0) is 58.5 Å². The Balaban J connectivity index is 1.92. The summed E-state index contributed by atoms with van der Waals surface area (Å²) in [5.74, 6) is 0.124. The number of ether oxygens (including phenoxy) is 1. The topological polar surface area (TPSA) is 64.4 Å². The zero-order chi connectivity index (χ0) is 15.2. The molecule has 0 aliphatic rings. The molecule has 1 amide bonds. The summed E-state index contributed by atoms with van der Waals surface area (Å²) in [4.78, 5) is 10.6. The average Bonchev–Trinajstić information content (AvgIpc) is 2.45. The van der Waals surface area contributed by atoms with Crippen molar-refractivity contribution in [2.45, 2.75) is 6.54 Å². The van der Waals surface area contributed by atoms with Gasteiger partial charge in [0.2, 0.25) is 0 Å². The van der Waals surface area contributed by atoms with Gasteiger partial charge in [-0.1, -0.05) is 23.7 Å². The van der Waals surface area contributed by atoms with Crippen molar-refractivity contribution in [3.05, 3.63) is 56.6 Å². The number of halogens is 2. The molecule has 21 heavy (non-hydrogen) atoms. The molecule has 0 saturated heterocycles. The second kappa shape index (κ2) is 7.51. The van der Waals surface area contributed by atoms with Crippen LogP contribution in [-0.2, 0) is 11.3 Å². The van der Waals surface area contributed by atoms with E-state index in [0.717, 1.165) is 14.8 Å². The molecule has 0 heterocycles. The van der Waals surface area contributed by atoms with Crippen LogP contribution in [-0.4, -0.2) is 12.5 Å². The molecule has 0 unspecified atom stereocenters. The van der Waals surface area contributed by atoms with Crippen LogP contribution >= 0.6 is 34.2 Å². The van der Waals surface area contributed by atoms with Crippen LogP contribution in [0.5, 0.6) is 5.75 Å². The highest BCUT2D eigenvalue weighted by Gasteiger charge is 2.02. The fourth-order valence-corrected chi connectivity index (χ4v) is 2.61. The van der Waals surface area contributed by atoms with Crippen molar-refractivity contribution >= 4 is 45.8 Å². The van der Waals surface area contributed by atoms with E-state index >= 15 is 0 Å². The molecule has 0 spiro atoms. The van der Waals surface area contributed by atoms with E-state index < -0.39 is 5.91 Å². The van der Waals surface area contributed by atoms with Gasteiger partial charge >= 0.3 is 0 Å². The Kier molecular flexibility index (Phi) is 5.69. The van der Waals surface area contributed by atoms with Crippen molar-refractivity contribution < 1.29 is 9.53 Å². The van der Waals surface area contributed by atoms with Crippen LogP contribution in [0.2, 0.25) is 5.02 Å². The quantitative estimate of drug-likeness (QED) is 0.709. The van der Waals surface area contributed by atoms with Crippen LogP contribution in [0.1, 0.15) is 5.56 Å². The molecule has 0 aliphatic carbocycles. The summed E-state index contributed by atoms with van der Waals surface area (Å²) in [5, 5.41) is 3.97. The SMILES string of the molecule is NC(=O)COc1ccc(CNc2ccc(I)cc2Cl)cc1. The highest BCUT2D eigenvalue weighted by atomic mass is 127. The number of nitrogens with one attached hydrogen (secondary N) is 1. The second-order valence-corrected chi connectivity index (χ2v) is 6.03. The van der Waals surface area contributed by atoms with Crippen molar-refractivity contribution in [1.82, 2.24) is 0 Å². The normalized spacial score (nSPS) is 10.2. The fourth-order valence-electron chi connectivity index (χ4n) is 1.69. The minimum Gasteiger partial charge on any atom is -0.484 e. The van der Waals surface area contributed by atoms with Crippen LogP contribution in [0.4, 0.5) is 5.69 Å². The van der Waals surface area contributed by atoms with E-state index in [4.69, 9.17) is 22.1 Å². The lowest BCUT2D eigenvalue weighted by Crippen LogP contribution is -2.19. The van der Waals surface area contributed by atoms with E-state index in [1.54, 1.807) is 12.1 Å². The van der Waals surface area contributed by atoms with Crippen molar-refractivity contribution in [2.24, 2.45) is 5.73 Å². The third-order valence-corrected chi connectivity index (χ3v) is 3.70. The Morgan fingerprint density at radius 3 is 2.57 bits per heavy atom. The molecule has 0 fully saturated rings. The lowest BCUT2D eigenvalue weighted by atomic mass is 10.2. The minimum absolute atomic E-state index is 0.115. The lowest BCUT2D eigenvalue weighted by molar-refractivity contribution is -0.119. The van der Waals surface area contributed by atoms with E-state index in [0.29, 0.717) is 17.3 Å². The van der Waals surface area contributed by atoms with E-state index in [-0.39, 0.29) is 6.61 Å². The first-order valence-corrected chi connectivity index (χ1v) is 7.69. The van der Waals surface area contributed by atoms with Crippen LogP contribution in [0.3, 0.4) is 0 Å². The molecular weight excluding hydrogens is 403 g/mol. The summed E-state index contributed by atoms with van der Waals surface area (Å²) in [5.41, 5.74) is 6.99. The van der Waals surface area contributed by atoms with E-state index in [1.165, 1.54) is 0 Å². The molecule has 2 rings (SSSR count). The van der Waals surface area contributed by atoms with E-state index in [1.807, 2.05) is 30.3 Å². The maximum absolute atomic E-state index is 10.6. The molecule has 0 atom stereocenters. The summed E-state index contributed by atoms with van der Waals surface area (Å²) < 4.78 is 6.30. The van der Waals surface area contributed by atoms with Crippen molar-refractivity contribution in [2.75, 3.05) is 11.9 Å². The first-order valence-electron chi connectivity index (χ1n) is 6.23. The van der Waals surface area contributed by atoms with Gasteiger partial charge in [0.05, 0.1) is 10.7 Å². The van der Waals surface area contributed by atoms with E-state index in [9.17, 15) is 4.79 Å². The summed E-state index contributed by atoms with van der Waals surface area (Å²) in [6.07, 6.45) is 0. The van der Waals surface area contributed by atoms with Gasteiger partial charge in [-0.25, -0.2) is 0 Å². The van der Waals surface area contributed by atoms with E-state index in [2.05, 4.69) is 27.9 Å². The Morgan fingerprint density at radius 2 is 1.95 bits per heavy atom. The molecule has 0 saturated carbocycles. The zero-order valence-electron chi connectivity index (χ0n) is 11.1. The Labute approximate surface area is 141 Å². The maximum Gasteiger partial charge on any atom is 0.255 e. The zero-order valence-corrected chi connectivity index (χ0v) is 14.0. The van der Waals surface area contributed by atoms with Gasteiger partial charge in [-0.3, -0.25) is 4.79 Å². The van der Waals surface area contributed by atoms with Crippen molar-refractivity contribution in [3.8, 4) is 5.75 Å². The number of benzene rings is 2. The smallest absolute Gasteiger partial charge is 0.255 e. The summed E-state index contributed by atoms with van der Waals surface area (Å²) in [6.45, 7) is 0.534. The highest BCUT2D eigenvalue weighted by Crippen LogP contribution is 2.24. The van der Waals surface area contributed by atoms with Crippen molar-refractivity contribution in [3.63, 3.8) is 0 Å². The predicted molar refractivity (Wildman–Crippen MR) is 92.6 cm³/mol. The van der Waals surface area contributed by atoms with Gasteiger partial charge < -0.3 is 15.8 Å². The van der Waals surface area contributed by atoms with Gasteiger partial charge in [0.15, 0.2) is 6.61 Å². The van der Waals surface area contributed by atoms with Gasteiger partial charge in [0.25, 0.3) is 5.91 Å². The van der Waals surface area contributed by atoms with Gasteiger partial charge in [0.1, 0.15) is 5.75 Å². The molecule has 0 aromatic heterocycles. The third kappa shape index (κ3) is 5.09. The first-order chi connectivity index (χ1) is 10.0. The van der Waals surface area contributed by atoms with Gasteiger partial charge in [0, 0.05) is 10.1 Å². The molecule has 3 N–H and O–H groups in total. The van der Waals surface area contributed by atoms with Crippen LogP contribution < -0.4 is 15.8 Å². The lowest BCUT2D eigenvalue weighted by Gasteiger charge is -2.09. The number of amides is 1. The molecule has 110 valence electrons. The van der Waals surface area contributed by atoms with Gasteiger partial charge in [-0.2, -0.15) is 0 Å². The average molecular weight is 417 g/mol. The number of primary amides is 1. The maximum atomic E-state index is 10.6. The van der Waals surface area contributed by atoms with Crippen LogP contribution in [0.15, 0.2) is 42.5 Å². The Hall–Kier alpha value is -1.47. The van der Waals surface area contributed by atoms with Gasteiger partial charge in [-0.15, -0.1) is 0 Å². The number of hydrogen-bond donors (Lipinski definition) is 2. The Morgan fingerprint density at radius 1 is 1.24 bits per heavy atom. The number of hydrogen-bond acceptors (Lipinski definition) is 3. The molecule has 0 aliphatic heterocycles. The fraction of sp³-hybridized carbons (Fsp3) is 0.133. The standard InChI is InChI=1S/C15H14ClIN2O2/c16-13-7-11(17)3-6-14(13)19-8-10-1-4-12(5-2-10)21-9-15(18)20/h1-7,19H,8-9H2,(H2,18,20).